The second-order valence-electron chi connectivity index (χ2n) is 3.47. The Bertz CT molecular complexity index is 336. The lowest BCUT2D eigenvalue weighted by Gasteiger charge is -2.29. The molecule has 0 aromatic heterocycles. The number of benzene rings is 1. The van der Waals surface area contributed by atoms with Gasteiger partial charge in [-0.3, -0.25) is 0 Å². The van der Waals surface area contributed by atoms with Gasteiger partial charge in [0, 0.05) is 7.05 Å². The van der Waals surface area contributed by atoms with Crippen LogP contribution in [0.2, 0.25) is 0 Å². The summed E-state index contributed by atoms with van der Waals surface area (Å²) >= 11 is 0. The largest absolute Gasteiger partial charge is 0.489 e. The van der Waals surface area contributed by atoms with Crippen molar-refractivity contribution in [3.63, 3.8) is 0 Å². The van der Waals surface area contributed by atoms with Crippen molar-refractivity contribution in [1.29, 1.82) is 0 Å². The molecule has 1 heterocycles. The van der Waals surface area contributed by atoms with Gasteiger partial charge in [0.25, 0.3) is 0 Å². The molecule has 2 N–H and O–H groups in total. The van der Waals surface area contributed by atoms with Crippen LogP contribution >= 0.6 is 0 Å². The van der Waals surface area contributed by atoms with Gasteiger partial charge >= 0.3 is 0 Å². The van der Waals surface area contributed by atoms with Gasteiger partial charge in [0.05, 0.1) is 12.2 Å². The minimum Gasteiger partial charge on any atom is -0.489 e. The van der Waals surface area contributed by atoms with Crippen molar-refractivity contribution in [1.82, 2.24) is 0 Å². The molecule has 0 saturated heterocycles. The van der Waals surface area contributed by atoms with Crippen molar-refractivity contribution in [3.8, 4) is 5.75 Å². The van der Waals surface area contributed by atoms with Crippen molar-refractivity contribution >= 4 is 11.4 Å². The van der Waals surface area contributed by atoms with E-state index in [-0.39, 0.29) is 0 Å². The van der Waals surface area contributed by atoms with Crippen LogP contribution in [0, 0.1) is 6.92 Å². The molecule has 0 saturated carbocycles. The third kappa shape index (κ3) is 1.30. The highest BCUT2D eigenvalue weighted by atomic mass is 16.5. The van der Waals surface area contributed by atoms with Gasteiger partial charge in [0.1, 0.15) is 18.0 Å². The van der Waals surface area contributed by atoms with Crippen LogP contribution in [0.4, 0.5) is 11.4 Å². The van der Waals surface area contributed by atoms with Gasteiger partial charge in [-0.25, -0.2) is 0 Å². The minimum atomic E-state index is 0.742. The predicted octanol–water partition coefficient (Wildman–Crippen LogP) is 1.41. The number of rotatable bonds is 0. The van der Waals surface area contributed by atoms with Gasteiger partial charge in [0.2, 0.25) is 0 Å². The monoisotopic (exact) mass is 178 g/mol. The van der Waals surface area contributed by atoms with Gasteiger partial charge < -0.3 is 15.4 Å². The molecule has 13 heavy (non-hydrogen) atoms. The average molecular weight is 178 g/mol. The number of anilines is 2. The summed E-state index contributed by atoms with van der Waals surface area (Å²) < 4.78 is 5.53. The molecule has 0 unspecified atom stereocenters. The summed E-state index contributed by atoms with van der Waals surface area (Å²) in [5.74, 6) is 0.909. The summed E-state index contributed by atoms with van der Waals surface area (Å²) in [6, 6.07) is 4.01. The van der Waals surface area contributed by atoms with Gasteiger partial charge in [0.15, 0.2) is 0 Å². The van der Waals surface area contributed by atoms with Crippen LogP contribution in [0.5, 0.6) is 5.75 Å². The van der Waals surface area contributed by atoms with Crippen molar-refractivity contribution < 1.29 is 4.74 Å². The molecule has 1 aromatic rings. The summed E-state index contributed by atoms with van der Waals surface area (Å²) in [5.41, 5.74) is 8.88. The highest BCUT2D eigenvalue weighted by Gasteiger charge is 2.17. The van der Waals surface area contributed by atoms with Crippen molar-refractivity contribution in [2.45, 2.75) is 6.92 Å². The summed E-state index contributed by atoms with van der Waals surface area (Å²) in [6.45, 7) is 3.67. The van der Waals surface area contributed by atoms with Gasteiger partial charge in [-0.15, -0.1) is 0 Å². The summed E-state index contributed by atoms with van der Waals surface area (Å²) in [5, 5.41) is 0. The second-order valence-corrected chi connectivity index (χ2v) is 3.47. The lowest BCUT2D eigenvalue weighted by Crippen LogP contribution is -2.29. The molecule has 0 bridgehead atoms. The number of nitrogens with two attached hydrogens (primary N) is 1. The van der Waals surface area contributed by atoms with E-state index in [1.54, 1.807) is 0 Å². The Hall–Kier alpha value is -1.38. The third-order valence-electron chi connectivity index (χ3n) is 2.31. The molecule has 1 aromatic carbocycles. The quantitative estimate of drug-likeness (QED) is 0.610. The first-order valence-corrected chi connectivity index (χ1v) is 4.42. The highest BCUT2D eigenvalue weighted by molar-refractivity contribution is 5.76. The lowest BCUT2D eigenvalue weighted by molar-refractivity contribution is 0.311. The maximum absolute atomic E-state index is 5.91. The van der Waals surface area contributed by atoms with Crippen molar-refractivity contribution in [3.05, 3.63) is 17.7 Å². The van der Waals surface area contributed by atoms with Crippen LogP contribution in [-0.4, -0.2) is 20.2 Å². The van der Waals surface area contributed by atoms with Crippen LogP contribution in [0.3, 0.4) is 0 Å². The standard InChI is InChI=1S/C10H14N2O/c1-7-5-8(11)10-9(6-7)13-4-3-12(10)2/h5-6H,3-4,11H2,1-2H3. The van der Waals surface area contributed by atoms with Gasteiger partial charge in [-0.2, -0.15) is 0 Å². The molecule has 2 rings (SSSR count). The first-order valence-electron chi connectivity index (χ1n) is 4.42. The Morgan fingerprint density at radius 3 is 3.00 bits per heavy atom. The molecule has 1 aliphatic heterocycles. The number of fused-ring (bicyclic) bond motifs is 1. The number of nitrogens with zero attached hydrogens (tertiary/aromatic N) is 1. The van der Waals surface area contributed by atoms with E-state index in [1.165, 1.54) is 0 Å². The van der Waals surface area contributed by atoms with E-state index in [4.69, 9.17) is 10.5 Å². The zero-order valence-electron chi connectivity index (χ0n) is 8.00. The van der Waals surface area contributed by atoms with E-state index in [2.05, 4.69) is 4.90 Å². The maximum atomic E-state index is 5.91. The van der Waals surface area contributed by atoms with Gasteiger partial charge in [-0.05, 0) is 24.6 Å². The minimum absolute atomic E-state index is 0.742. The van der Waals surface area contributed by atoms with E-state index < -0.39 is 0 Å². The fraction of sp³-hybridized carbons (Fsp3) is 0.400. The Morgan fingerprint density at radius 2 is 2.23 bits per heavy atom. The van der Waals surface area contributed by atoms with E-state index in [1.807, 2.05) is 26.1 Å². The number of aryl methyl sites for hydroxylation is 1. The van der Waals surface area contributed by atoms with Gasteiger partial charge in [-0.1, -0.05) is 0 Å². The fourth-order valence-electron chi connectivity index (χ4n) is 1.70. The van der Waals surface area contributed by atoms with Crippen LogP contribution < -0.4 is 15.4 Å². The average Bonchev–Trinajstić information content (AvgIpc) is 2.02. The first-order chi connectivity index (χ1) is 6.18. The normalized spacial score (nSPS) is 15.1. The van der Waals surface area contributed by atoms with Crippen LogP contribution in [0.25, 0.3) is 0 Å². The second kappa shape index (κ2) is 2.83. The van der Waals surface area contributed by atoms with E-state index in [0.29, 0.717) is 0 Å². The van der Waals surface area contributed by atoms with Crippen LogP contribution in [0.15, 0.2) is 12.1 Å². The molecular formula is C10H14N2O. The Morgan fingerprint density at radius 1 is 1.46 bits per heavy atom. The van der Waals surface area contributed by atoms with E-state index >= 15 is 0 Å². The highest BCUT2D eigenvalue weighted by Crippen LogP contribution is 2.36. The van der Waals surface area contributed by atoms with E-state index in [0.717, 1.165) is 35.8 Å². The number of ether oxygens (including phenoxy) is 1. The topological polar surface area (TPSA) is 38.5 Å². The zero-order valence-corrected chi connectivity index (χ0v) is 8.00. The molecule has 70 valence electrons. The number of nitrogen functional groups attached to an aromatic ring is 1. The predicted molar refractivity (Wildman–Crippen MR) is 54.4 cm³/mol. The molecule has 0 fully saturated rings. The molecule has 0 aliphatic carbocycles. The lowest BCUT2D eigenvalue weighted by atomic mass is 10.1. The maximum Gasteiger partial charge on any atom is 0.145 e. The van der Waals surface area contributed by atoms with Crippen LogP contribution in [0.1, 0.15) is 5.56 Å². The molecule has 1 aliphatic rings. The molecule has 0 atom stereocenters. The summed E-state index contributed by atoms with van der Waals surface area (Å²) in [4.78, 5) is 2.13. The molecule has 0 spiro atoms. The zero-order chi connectivity index (χ0) is 9.42. The first kappa shape index (κ1) is 8.23. The molecular weight excluding hydrogens is 164 g/mol. The molecule has 3 heteroatoms. The molecule has 3 nitrogen and oxygen atoms in total. The Kier molecular flexibility index (Phi) is 1.79. The summed E-state index contributed by atoms with van der Waals surface area (Å²) in [6.07, 6.45) is 0. The smallest absolute Gasteiger partial charge is 0.145 e. The molecule has 0 amide bonds. The Balaban J connectivity index is 2.56. The SMILES string of the molecule is Cc1cc(N)c2c(c1)OCCN2C. The third-order valence-corrected chi connectivity index (χ3v) is 2.31. The van der Waals surface area contributed by atoms with Crippen molar-refractivity contribution in [2.24, 2.45) is 0 Å². The Labute approximate surface area is 78.1 Å². The van der Waals surface area contributed by atoms with Crippen molar-refractivity contribution in [2.75, 3.05) is 30.8 Å². The molecule has 0 radical (unpaired) electrons. The number of likely N-dealkylation sites (N-methyl/N-ethyl adjacent to an activating group) is 1. The fourth-order valence-corrected chi connectivity index (χ4v) is 1.70. The van der Waals surface area contributed by atoms with E-state index in [9.17, 15) is 0 Å². The van der Waals surface area contributed by atoms with Crippen LogP contribution in [-0.2, 0) is 0 Å². The number of hydrogen-bond acceptors (Lipinski definition) is 3. The summed E-state index contributed by atoms with van der Waals surface area (Å²) in [7, 11) is 2.03. The number of hydrogen-bond donors (Lipinski definition) is 1.